The molecule has 168 valence electrons. The number of hydrogen-bond acceptors (Lipinski definition) is 7. The Morgan fingerprint density at radius 1 is 1.16 bits per heavy atom. The maximum atomic E-state index is 13.0. The number of aromatic nitrogens is 2. The summed E-state index contributed by atoms with van der Waals surface area (Å²) in [7, 11) is 0. The van der Waals surface area contributed by atoms with Gasteiger partial charge in [-0.05, 0) is 30.0 Å². The molecule has 0 saturated carbocycles. The monoisotopic (exact) mass is 449 g/mol. The first-order valence-electron chi connectivity index (χ1n) is 10.4. The lowest BCUT2D eigenvalue weighted by molar-refractivity contribution is 0.0928. The summed E-state index contributed by atoms with van der Waals surface area (Å²) in [5, 5.41) is 12.0. The Hall–Kier alpha value is -2.59. The van der Waals surface area contributed by atoms with Gasteiger partial charge in [-0.3, -0.25) is 9.69 Å². The van der Waals surface area contributed by atoms with E-state index in [1.165, 1.54) is 23.5 Å². The fourth-order valence-electron chi connectivity index (χ4n) is 3.10. The number of benzene rings is 1. The van der Waals surface area contributed by atoms with Crippen molar-refractivity contribution in [1.82, 2.24) is 25.3 Å². The number of amides is 2. The van der Waals surface area contributed by atoms with Gasteiger partial charge in [0, 0.05) is 32.7 Å². The molecule has 1 aliphatic heterocycles. The van der Waals surface area contributed by atoms with Crippen LogP contribution in [0.15, 0.2) is 24.3 Å². The summed E-state index contributed by atoms with van der Waals surface area (Å²) in [5.74, 6) is -0.303. The highest BCUT2D eigenvalue weighted by molar-refractivity contribution is 7.13. The van der Waals surface area contributed by atoms with E-state index in [1.807, 2.05) is 13.8 Å². The minimum absolute atomic E-state index is 0.258. The lowest BCUT2D eigenvalue weighted by atomic mass is 10.2. The molecule has 0 atom stereocenters. The minimum Gasteiger partial charge on any atom is -0.449 e. The SMILES string of the molecule is CC(C)COC(=O)N1CCCN(Cc2nnc(C(=O)NCc3ccc(F)cc3)s2)CC1. The summed E-state index contributed by atoms with van der Waals surface area (Å²) in [5.41, 5.74) is 0.806. The summed E-state index contributed by atoms with van der Waals surface area (Å²) in [6.07, 6.45) is 0.590. The van der Waals surface area contributed by atoms with Gasteiger partial charge in [-0.15, -0.1) is 10.2 Å². The number of nitrogens with one attached hydrogen (secondary N) is 1. The molecule has 8 nitrogen and oxygen atoms in total. The van der Waals surface area contributed by atoms with Gasteiger partial charge >= 0.3 is 6.09 Å². The first kappa shape index (κ1) is 23.1. The van der Waals surface area contributed by atoms with Gasteiger partial charge in [0.2, 0.25) is 5.01 Å². The average molecular weight is 450 g/mol. The van der Waals surface area contributed by atoms with Crippen LogP contribution in [0.3, 0.4) is 0 Å². The van der Waals surface area contributed by atoms with Crippen LogP contribution in [-0.2, 0) is 17.8 Å². The van der Waals surface area contributed by atoms with Gasteiger partial charge < -0.3 is 15.0 Å². The van der Waals surface area contributed by atoms with E-state index in [0.717, 1.165) is 23.5 Å². The molecule has 2 heterocycles. The van der Waals surface area contributed by atoms with Crippen molar-refractivity contribution in [2.45, 2.75) is 33.4 Å². The van der Waals surface area contributed by atoms with Crippen LogP contribution in [0.2, 0.25) is 0 Å². The molecule has 10 heteroatoms. The molecular weight excluding hydrogens is 421 g/mol. The Morgan fingerprint density at radius 2 is 1.94 bits per heavy atom. The predicted molar refractivity (Wildman–Crippen MR) is 115 cm³/mol. The number of carbonyl (C=O) groups excluding carboxylic acids is 2. The zero-order chi connectivity index (χ0) is 22.2. The van der Waals surface area contributed by atoms with Crippen LogP contribution >= 0.6 is 11.3 Å². The molecule has 0 bridgehead atoms. The molecule has 1 saturated heterocycles. The van der Waals surface area contributed by atoms with Crippen LogP contribution in [0.5, 0.6) is 0 Å². The second-order valence-electron chi connectivity index (χ2n) is 7.90. The quantitative estimate of drug-likeness (QED) is 0.699. The largest absolute Gasteiger partial charge is 0.449 e. The molecule has 2 amide bonds. The van der Waals surface area contributed by atoms with Gasteiger partial charge in [0.25, 0.3) is 5.91 Å². The Kier molecular flexibility index (Phi) is 8.30. The van der Waals surface area contributed by atoms with Crippen molar-refractivity contribution in [2.24, 2.45) is 5.92 Å². The topological polar surface area (TPSA) is 87.7 Å². The zero-order valence-corrected chi connectivity index (χ0v) is 18.7. The van der Waals surface area contributed by atoms with Crippen LogP contribution in [0.4, 0.5) is 9.18 Å². The number of carbonyl (C=O) groups is 2. The van der Waals surface area contributed by atoms with E-state index in [1.54, 1.807) is 17.0 Å². The third kappa shape index (κ3) is 7.25. The van der Waals surface area contributed by atoms with Gasteiger partial charge in [0.05, 0.1) is 13.2 Å². The van der Waals surface area contributed by atoms with Crippen LogP contribution in [0, 0.1) is 11.7 Å². The smallest absolute Gasteiger partial charge is 0.409 e. The zero-order valence-electron chi connectivity index (χ0n) is 17.8. The highest BCUT2D eigenvalue weighted by atomic mass is 32.1. The number of halogens is 1. The van der Waals surface area contributed by atoms with Crippen molar-refractivity contribution >= 4 is 23.3 Å². The summed E-state index contributed by atoms with van der Waals surface area (Å²) in [4.78, 5) is 28.5. The normalized spacial score (nSPS) is 15.0. The molecule has 3 rings (SSSR count). The predicted octanol–water partition coefficient (Wildman–Crippen LogP) is 2.91. The maximum Gasteiger partial charge on any atom is 0.409 e. The van der Waals surface area contributed by atoms with E-state index in [0.29, 0.717) is 50.3 Å². The Bertz CT molecular complexity index is 874. The summed E-state index contributed by atoms with van der Waals surface area (Å²) >= 11 is 1.26. The number of rotatable bonds is 7. The van der Waals surface area contributed by atoms with Gasteiger partial charge in [0.1, 0.15) is 10.8 Å². The average Bonchev–Trinajstić information content (AvgIpc) is 3.09. The van der Waals surface area contributed by atoms with Crippen molar-refractivity contribution in [3.05, 3.63) is 45.7 Å². The minimum atomic E-state index is -0.312. The molecule has 0 unspecified atom stereocenters. The van der Waals surface area contributed by atoms with Crippen molar-refractivity contribution in [3.63, 3.8) is 0 Å². The van der Waals surface area contributed by atoms with Gasteiger partial charge in [-0.25, -0.2) is 9.18 Å². The van der Waals surface area contributed by atoms with Crippen LogP contribution < -0.4 is 5.32 Å². The first-order chi connectivity index (χ1) is 14.9. The molecule has 1 aromatic heterocycles. The molecule has 0 aliphatic carbocycles. The summed E-state index contributed by atoms with van der Waals surface area (Å²) < 4.78 is 18.3. The van der Waals surface area contributed by atoms with Crippen molar-refractivity contribution < 1.29 is 18.7 Å². The van der Waals surface area contributed by atoms with E-state index in [-0.39, 0.29) is 17.8 Å². The molecule has 31 heavy (non-hydrogen) atoms. The molecule has 1 aromatic carbocycles. The van der Waals surface area contributed by atoms with Crippen molar-refractivity contribution in [1.29, 1.82) is 0 Å². The Labute approximate surface area is 185 Å². The standard InChI is InChI=1S/C21H28FN5O3S/c1-15(2)14-30-21(29)27-9-3-8-26(10-11-27)13-18-24-25-20(31-18)19(28)23-12-16-4-6-17(22)7-5-16/h4-7,15H,3,8-14H2,1-2H3,(H,23,28). The number of ether oxygens (including phenoxy) is 1. The third-order valence-electron chi connectivity index (χ3n) is 4.77. The van der Waals surface area contributed by atoms with E-state index < -0.39 is 0 Å². The molecule has 1 N–H and O–H groups in total. The lowest BCUT2D eigenvalue weighted by Gasteiger charge is -2.21. The van der Waals surface area contributed by atoms with E-state index in [2.05, 4.69) is 20.4 Å². The van der Waals surface area contributed by atoms with Gasteiger partial charge in [-0.2, -0.15) is 0 Å². The Morgan fingerprint density at radius 3 is 2.68 bits per heavy atom. The van der Waals surface area contributed by atoms with Gasteiger partial charge in [0.15, 0.2) is 0 Å². The second kappa shape index (κ2) is 11.1. The summed E-state index contributed by atoms with van der Waals surface area (Å²) in [6.45, 7) is 8.13. The molecule has 0 spiro atoms. The summed E-state index contributed by atoms with van der Waals surface area (Å²) in [6, 6.07) is 5.97. The number of hydrogen-bond donors (Lipinski definition) is 1. The van der Waals surface area contributed by atoms with Crippen LogP contribution in [0.25, 0.3) is 0 Å². The Balaban J connectivity index is 1.46. The third-order valence-corrected chi connectivity index (χ3v) is 5.68. The lowest BCUT2D eigenvalue weighted by Crippen LogP contribution is -2.36. The molecule has 0 radical (unpaired) electrons. The van der Waals surface area contributed by atoms with Crippen molar-refractivity contribution in [3.8, 4) is 0 Å². The van der Waals surface area contributed by atoms with E-state index in [4.69, 9.17) is 4.74 Å². The highest BCUT2D eigenvalue weighted by Crippen LogP contribution is 2.15. The van der Waals surface area contributed by atoms with E-state index in [9.17, 15) is 14.0 Å². The second-order valence-corrected chi connectivity index (χ2v) is 8.96. The van der Waals surface area contributed by atoms with Crippen LogP contribution in [-0.4, -0.2) is 64.8 Å². The van der Waals surface area contributed by atoms with Gasteiger partial charge in [-0.1, -0.05) is 37.3 Å². The van der Waals surface area contributed by atoms with Crippen molar-refractivity contribution in [2.75, 3.05) is 32.8 Å². The molecule has 2 aromatic rings. The van der Waals surface area contributed by atoms with Crippen LogP contribution in [0.1, 0.15) is 40.6 Å². The molecule has 1 aliphatic rings. The fraction of sp³-hybridized carbons (Fsp3) is 0.524. The fourth-order valence-corrected chi connectivity index (χ4v) is 3.90. The number of nitrogens with zero attached hydrogens (tertiary/aromatic N) is 4. The molecule has 1 fully saturated rings. The highest BCUT2D eigenvalue weighted by Gasteiger charge is 2.22. The maximum absolute atomic E-state index is 13.0. The first-order valence-corrected chi connectivity index (χ1v) is 11.2. The molecular formula is C21H28FN5O3S. The van der Waals surface area contributed by atoms with E-state index >= 15 is 0 Å².